The third-order valence-corrected chi connectivity index (χ3v) is 2.63. The van der Waals surface area contributed by atoms with Crippen molar-refractivity contribution in [1.82, 2.24) is 4.98 Å². The molecule has 0 spiro atoms. The Kier molecular flexibility index (Phi) is 3.37. The Morgan fingerprint density at radius 3 is 2.79 bits per heavy atom. The molecule has 0 bridgehead atoms. The van der Waals surface area contributed by atoms with Gasteiger partial charge in [-0.2, -0.15) is 0 Å². The molecule has 2 aromatic rings. The molecule has 0 aliphatic rings. The highest BCUT2D eigenvalue weighted by Gasteiger charge is 2.14. The van der Waals surface area contributed by atoms with Crippen LogP contribution in [0.1, 0.15) is 24.6 Å². The van der Waals surface area contributed by atoms with E-state index in [0.29, 0.717) is 17.3 Å². The van der Waals surface area contributed by atoms with Crippen LogP contribution in [-0.2, 0) is 0 Å². The van der Waals surface area contributed by atoms with Gasteiger partial charge in [-0.3, -0.25) is 10.1 Å². The van der Waals surface area contributed by atoms with Crippen LogP contribution in [0, 0.1) is 17.0 Å². The molecule has 1 aromatic heterocycles. The van der Waals surface area contributed by atoms with E-state index >= 15 is 0 Å². The standard InChI is InChI=1S/C12H14N4O3/c1-7-6-14-12(19-7)8(2)15-11-4-3-9(16(17)18)5-10(11)13/h3-6,8,15H,13H2,1-2H3. The normalized spacial score (nSPS) is 12.1. The lowest BCUT2D eigenvalue weighted by Gasteiger charge is -2.13. The second-order valence-electron chi connectivity index (χ2n) is 4.20. The van der Waals surface area contributed by atoms with Crippen LogP contribution in [-0.4, -0.2) is 9.91 Å². The molecule has 7 heteroatoms. The van der Waals surface area contributed by atoms with Crippen LogP contribution in [0.25, 0.3) is 0 Å². The maximum absolute atomic E-state index is 10.6. The van der Waals surface area contributed by atoms with Crippen LogP contribution in [0.15, 0.2) is 28.8 Å². The van der Waals surface area contributed by atoms with E-state index in [2.05, 4.69) is 10.3 Å². The number of aromatic nitrogens is 1. The molecule has 1 heterocycles. The Bertz CT molecular complexity index is 609. The van der Waals surface area contributed by atoms with E-state index in [1.807, 2.05) is 13.8 Å². The molecule has 1 unspecified atom stereocenters. The third kappa shape index (κ3) is 2.82. The lowest BCUT2D eigenvalue weighted by atomic mass is 10.2. The van der Waals surface area contributed by atoms with Crippen LogP contribution < -0.4 is 11.1 Å². The number of non-ortho nitro benzene ring substituents is 1. The van der Waals surface area contributed by atoms with Crippen LogP contribution in [0.5, 0.6) is 0 Å². The summed E-state index contributed by atoms with van der Waals surface area (Å²) >= 11 is 0. The minimum absolute atomic E-state index is 0.0392. The lowest BCUT2D eigenvalue weighted by Crippen LogP contribution is -2.08. The fourth-order valence-corrected chi connectivity index (χ4v) is 1.66. The molecule has 0 aliphatic carbocycles. The summed E-state index contributed by atoms with van der Waals surface area (Å²) in [6, 6.07) is 4.10. The highest BCUT2D eigenvalue weighted by atomic mass is 16.6. The van der Waals surface area contributed by atoms with Crippen molar-refractivity contribution in [1.29, 1.82) is 0 Å². The minimum atomic E-state index is -0.485. The molecular weight excluding hydrogens is 248 g/mol. The fraction of sp³-hybridized carbons (Fsp3) is 0.250. The fourth-order valence-electron chi connectivity index (χ4n) is 1.66. The maximum Gasteiger partial charge on any atom is 0.271 e. The number of rotatable bonds is 4. The zero-order chi connectivity index (χ0) is 14.0. The zero-order valence-electron chi connectivity index (χ0n) is 10.6. The summed E-state index contributed by atoms with van der Waals surface area (Å²) in [5.74, 6) is 1.26. The summed E-state index contributed by atoms with van der Waals surface area (Å²) in [4.78, 5) is 14.2. The van der Waals surface area contributed by atoms with E-state index in [1.165, 1.54) is 12.1 Å². The van der Waals surface area contributed by atoms with Crippen molar-refractivity contribution in [3.8, 4) is 0 Å². The summed E-state index contributed by atoms with van der Waals surface area (Å²) in [7, 11) is 0. The molecule has 0 aliphatic heterocycles. The molecular formula is C12H14N4O3. The van der Waals surface area contributed by atoms with Gasteiger partial charge in [0.05, 0.1) is 22.5 Å². The number of anilines is 2. The van der Waals surface area contributed by atoms with Crippen LogP contribution >= 0.6 is 0 Å². The lowest BCUT2D eigenvalue weighted by molar-refractivity contribution is -0.384. The summed E-state index contributed by atoms with van der Waals surface area (Å²) in [5.41, 5.74) is 6.65. The SMILES string of the molecule is Cc1cnc(C(C)Nc2ccc([N+](=O)[O-])cc2N)o1. The quantitative estimate of drug-likeness (QED) is 0.498. The number of aryl methyl sites for hydroxylation is 1. The summed E-state index contributed by atoms with van der Waals surface area (Å²) in [6.07, 6.45) is 1.63. The number of hydrogen-bond acceptors (Lipinski definition) is 6. The Morgan fingerprint density at radius 1 is 1.53 bits per heavy atom. The average molecular weight is 262 g/mol. The first-order chi connectivity index (χ1) is 8.97. The molecule has 0 saturated carbocycles. The van der Waals surface area contributed by atoms with Crippen molar-refractivity contribution in [2.24, 2.45) is 0 Å². The summed E-state index contributed by atoms with van der Waals surface area (Å²) < 4.78 is 5.40. The molecule has 0 fully saturated rings. The smallest absolute Gasteiger partial charge is 0.271 e. The van der Waals surface area contributed by atoms with Gasteiger partial charge in [-0.05, 0) is 19.9 Å². The predicted octanol–water partition coefficient (Wildman–Crippen LogP) is 2.65. The third-order valence-electron chi connectivity index (χ3n) is 2.63. The van der Waals surface area contributed by atoms with Crippen LogP contribution in [0.2, 0.25) is 0 Å². The van der Waals surface area contributed by atoms with Crippen LogP contribution in [0.4, 0.5) is 17.1 Å². The number of nitro groups is 1. The first-order valence-corrected chi connectivity index (χ1v) is 5.70. The Hall–Kier alpha value is -2.57. The number of nitro benzene ring substituents is 1. The maximum atomic E-state index is 10.6. The molecule has 100 valence electrons. The first kappa shape index (κ1) is 12.9. The van der Waals surface area contributed by atoms with Crippen molar-refractivity contribution in [3.05, 3.63) is 46.2 Å². The first-order valence-electron chi connectivity index (χ1n) is 5.70. The van der Waals surface area contributed by atoms with E-state index in [1.54, 1.807) is 12.3 Å². The van der Waals surface area contributed by atoms with Crippen molar-refractivity contribution >= 4 is 17.1 Å². The average Bonchev–Trinajstić information content (AvgIpc) is 2.78. The second-order valence-corrected chi connectivity index (χ2v) is 4.20. The Labute approximate surface area is 109 Å². The highest BCUT2D eigenvalue weighted by molar-refractivity contribution is 5.69. The molecule has 19 heavy (non-hydrogen) atoms. The number of nitrogen functional groups attached to an aromatic ring is 1. The van der Waals surface area contributed by atoms with Crippen molar-refractivity contribution in [2.45, 2.75) is 19.9 Å². The van der Waals surface area contributed by atoms with Gasteiger partial charge in [-0.1, -0.05) is 0 Å². The van der Waals surface area contributed by atoms with Crippen molar-refractivity contribution < 1.29 is 9.34 Å². The zero-order valence-corrected chi connectivity index (χ0v) is 10.6. The number of oxazole rings is 1. The highest BCUT2D eigenvalue weighted by Crippen LogP contribution is 2.27. The van der Waals surface area contributed by atoms with Gasteiger partial charge in [0.25, 0.3) is 5.69 Å². The summed E-state index contributed by atoms with van der Waals surface area (Å²) in [5, 5.41) is 13.7. The number of nitrogens with two attached hydrogens (primary N) is 1. The largest absolute Gasteiger partial charge is 0.444 e. The van der Waals surface area contributed by atoms with Gasteiger partial charge in [-0.25, -0.2) is 4.98 Å². The van der Waals surface area contributed by atoms with Gasteiger partial charge in [0, 0.05) is 12.1 Å². The number of nitrogens with zero attached hydrogens (tertiary/aromatic N) is 2. The van der Waals surface area contributed by atoms with Gasteiger partial charge in [0.2, 0.25) is 5.89 Å². The molecule has 7 nitrogen and oxygen atoms in total. The van der Waals surface area contributed by atoms with Gasteiger partial charge < -0.3 is 15.5 Å². The van der Waals surface area contributed by atoms with Gasteiger partial charge in [0.1, 0.15) is 11.8 Å². The molecule has 0 saturated heterocycles. The van der Waals surface area contributed by atoms with E-state index in [0.717, 1.165) is 5.76 Å². The van der Waals surface area contributed by atoms with Gasteiger partial charge in [-0.15, -0.1) is 0 Å². The summed E-state index contributed by atoms with van der Waals surface area (Å²) in [6.45, 7) is 3.68. The molecule has 0 amide bonds. The van der Waals surface area contributed by atoms with Gasteiger partial charge >= 0.3 is 0 Å². The molecule has 0 radical (unpaired) electrons. The second kappa shape index (κ2) is 4.97. The van der Waals surface area contributed by atoms with E-state index in [4.69, 9.17) is 10.2 Å². The van der Waals surface area contributed by atoms with E-state index in [-0.39, 0.29) is 11.7 Å². The number of hydrogen-bond donors (Lipinski definition) is 2. The molecule has 3 N–H and O–H groups in total. The molecule has 2 rings (SSSR count). The van der Waals surface area contributed by atoms with E-state index in [9.17, 15) is 10.1 Å². The number of nitrogens with one attached hydrogen (secondary N) is 1. The predicted molar refractivity (Wildman–Crippen MR) is 70.8 cm³/mol. The van der Waals surface area contributed by atoms with Crippen LogP contribution in [0.3, 0.4) is 0 Å². The van der Waals surface area contributed by atoms with Gasteiger partial charge in [0.15, 0.2) is 0 Å². The minimum Gasteiger partial charge on any atom is -0.444 e. The number of benzene rings is 1. The molecule has 1 aromatic carbocycles. The van der Waals surface area contributed by atoms with Crippen molar-refractivity contribution in [2.75, 3.05) is 11.1 Å². The molecule has 1 atom stereocenters. The van der Waals surface area contributed by atoms with E-state index < -0.39 is 4.92 Å². The Balaban J connectivity index is 2.17. The monoisotopic (exact) mass is 262 g/mol. The van der Waals surface area contributed by atoms with Crippen molar-refractivity contribution in [3.63, 3.8) is 0 Å². The Morgan fingerprint density at radius 2 is 2.26 bits per heavy atom. The topological polar surface area (TPSA) is 107 Å².